The molecule has 1 atom stereocenters. The van der Waals surface area contributed by atoms with Gasteiger partial charge in [-0.25, -0.2) is 14.5 Å². The van der Waals surface area contributed by atoms with Crippen molar-refractivity contribution in [1.29, 1.82) is 0 Å². The number of aryl methyl sites for hydroxylation is 1. The van der Waals surface area contributed by atoms with E-state index in [0.29, 0.717) is 28.1 Å². The molecular weight excluding hydrogens is 530 g/mol. The van der Waals surface area contributed by atoms with Crippen LogP contribution < -0.4 is 16.6 Å². The minimum Gasteiger partial charge on any atom is -0.381 e. The average molecular weight is 562 g/mol. The number of para-hydroxylation sites is 1. The largest absolute Gasteiger partial charge is 0.381 e. The Balaban J connectivity index is 1.50. The smallest absolute Gasteiger partial charge is 0.266 e. The van der Waals surface area contributed by atoms with Crippen LogP contribution >= 0.6 is 0 Å². The highest BCUT2D eigenvalue weighted by molar-refractivity contribution is 6.04. The predicted molar refractivity (Wildman–Crippen MR) is 162 cm³/mol. The van der Waals surface area contributed by atoms with Gasteiger partial charge in [0, 0.05) is 35.8 Å². The topological polar surface area (TPSA) is 138 Å². The maximum Gasteiger partial charge on any atom is 0.266 e. The van der Waals surface area contributed by atoms with Crippen molar-refractivity contribution in [2.24, 2.45) is 7.05 Å². The van der Waals surface area contributed by atoms with Crippen molar-refractivity contribution < 1.29 is 4.79 Å². The van der Waals surface area contributed by atoms with E-state index in [2.05, 4.69) is 20.5 Å². The van der Waals surface area contributed by atoms with Crippen LogP contribution in [0.15, 0.2) is 71.8 Å². The second kappa shape index (κ2) is 10.3. The van der Waals surface area contributed by atoms with E-state index in [1.54, 1.807) is 34.6 Å². The number of rotatable bonds is 6. The number of nitrogens with zero attached hydrogens (tertiary/aromatic N) is 7. The molecule has 42 heavy (non-hydrogen) atoms. The molecule has 0 bridgehead atoms. The minimum atomic E-state index is -0.679. The molecule has 11 nitrogen and oxygen atoms in total. The van der Waals surface area contributed by atoms with E-state index in [0.717, 1.165) is 22.5 Å². The van der Waals surface area contributed by atoms with E-state index in [1.165, 1.54) is 4.52 Å². The maximum atomic E-state index is 14.4. The number of fused-ring (bicyclic) bond motifs is 2. The van der Waals surface area contributed by atoms with E-state index in [9.17, 15) is 9.59 Å². The number of nitrogens with two attached hydrogens (primary N) is 1. The Morgan fingerprint density at radius 2 is 1.74 bits per heavy atom. The summed E-state index contributed by atoms with van der Waals surface area (Å²) in [5, 5.41) is 12.1. The van der Waals surface area contributed by atoms with Crippen LogP contribution in [-0.4, -0.2) is 39.8 Å². The summed E-state index contributed by atoms with van der Waals surface area (Å²) < 4.78 is 4.82. The van der Waals surface area contributed by atoms with Gasteiger partial charge in [0.2, 0.25) is 0 Å². The zero-order chi connectivity index (χ0) is 29.7. The van der Waals surface area contributed by atoms with Crippen molar-refractivity contribution in [1.82, 2.24) is 39.2 Å². The van der Waals surface area contributed by atoms with Gasteiger partial charge in [0.25, 0.3) is 11.5 Å². The van der Waals surface area contributed by atoms with Crippen LogP contribution in [0.25, 0.3) is 33.4 Å². The molecule has 0 unspecified atom stereocenters. The molecule has 11 heteroatoms. The first-order valence-corrected chi connectivity index (χ1v) is 13.7. The fraction of sp³-hybridized carbons (Fsp3) is 0.226. The van der Waals surface area contributed by atoms with Crippen molar-refractivity contribution in [3.8, 4) is 16.8 Å². The molecule has 0 fully saturated rings. The Hall–Kier alpha value is -5.32. The number of nitrogen functional groups attached to an aromatic ring is 1. The summed E-state index contributed by atoms with van der Waals surface area (Å²) in [6, 6.07) is 16.0. The van der Waals surface area contributed by atoms with Gasteiger partial charge in [0.05, 0.1) is 28.8 Å². The summed E-state index contributed by atoms with van der Waals surface area (Å²) in [5.41, 5.74) is 11.0. The van der Waals surface area contributed by atoms with Crippen LogP contribution in [0.4, 0.5) is 5.82 Å². The number of anilines is 1. The molecule has 2 aromatic carbocycles. The average Bonchev–Trinajstić information content (AvgIpc) is 3.49. The number of hydrogen-bond donors (Lipinski definition) is 2. The molecule has 4 aromatic heterocycles. The summed E-state index contributed by atoms with van der Waals surface area (Å²) in [6.45, 7) is 7.79. The van der Waals surface area contributed by atoms with E-state index < -0.39 is 11.9 Å². The first kappa shape index (κ1) is 26.9. The number of amides is 1. The normalized spacial score (nSPS) is 12.3. The lowest BCUT2D eigenvalue weighted by Crippen LogP contribution is -2.33. The third kappa shape index (κ3) is 4.39. The van der Waals surface area contributed by atoms with Gasteiger partial charge in [-0.2, -0.15) is 5.10 Å². The maximum absolute atomic E-state index is 14.4. The Kier molecular flexibility index (Phi) is 6.56. The Bertz CT molecular complexity index is 2040. The van der Waals surface area contributed by atoms with Gasteiger partial charge in [0.1, 0.15) is 11.4 Å². The molecule has 6 rings (SSSR count). The van der Waals surface area contributed by atoms with E-state index >= 15 is 0 Å². The van der Waals surface area contributed by atoms with Crippen LogP contribution in [0.3, 0.4) is 0 Å². The zero-order valence-corrected chi connectivity index (χ0v) is 24.0. The second-order valence-electron chi connectivity index (χ2n) is 10.6. The monoisotopic (exact) mass is 561 g/mol. The molecular formula is C31H31N9O2. The zero-order valence-electron chi connectivity index (χ0n) is 24.0. The SMILES string of the molecule is Cc1c(-c2cccc3nc([C@@H](C)NC(=O)c4c(N)nn5ccc(C(C)C)nc45)n(-c4ccccc4)c(=O)c23)cnn1C. The van der Waals surface area contributed by atoms with Crippen molar-refractivity contribution >= 4 is 28.3 Å². The quantitative estimate of drug-likeness (QED) is 0.309. The lowest BCUT2D eigenvalue weighted by molar-refractivity contribution is 0.0940. The lowest BCUT2D eigenvalue weighted by atomic mass is 10.0. The molecule has 0 saturated heterocycles. The number of benzene rings is 2. The number of hydrogen-bond acceptors (Lipinski definition) is 7. The van der Waals surface area contributed by atoms with Crippen molar-refractivity contribution in [2.45, 2.75) is 39.7 Å². The summed E-state index contributed by atoms with van der Waals surface area (Å²) >= 11 is 0. The molecule has 0 aliphatic carbocycles. The Morgan fingerprint density at radius 3 is 2.43 bits per heavy atom. The molecule has 0 saturated carbocycles. The van der Waals surface area contributed by atoms with E-state index in [-0.39, 0.29) is 22.9 Å². The highest BCUT2D eigenvalue weighted by Crippen LogP contribution is 2.30. The minimum absolute atomic E-state index is 0.0662. The van der Waals surface area contributed by atoms with Gasteiger partial charge in [-0.1, -0.05) is 44.2 Å². The molecule has 0 radical (unpaired) electrons. The first-order chi connectivity index (χ1) is 20.2. The van der Waals surface area contributed by atoms with E-state index in [4.69, 9.17) is 10.7 Å². The van der Waals surface area contributed by atoms with Crippen LogP contribution in [0.1, 0.15) is 60.3 Å². The number of carbonyl (C=O) groups excluding carboxylic acids is 1. The van der Waals surface area contributed by atoms with Gasteiger partial charge < -0.3 is 11.1 Å². The highest BCUT2D eigenvalue weighted by Gasteiger charge is 2.26. The van der Waals surface area contributed by atoms with Gasteiger partial charge in [0.15, 0.2) is 11.5 Å². The van der Waals surface area contributed by atoms with Crippen molar-refractivity contribution in [3.05, 3.63) is 100 Å². The van der Waals surface area contributed by atoms with Crippen LogP contribution in [0.5, 0.6) is 0 Å². The predicted octanol–water partition coefficient (Wildman–Crippen LogP) is 4.33. The molecule has 6 aromatic rings. The fourth-order valence-electron chi connectivity index (χ4n) is 5.18. The van der Waals surface area contributed by atoms with Crippen LogP contribution in [0.2, 0.25) is 0 Å². The van der Waals surface area contributed by atoms with Crippen LogP contribution in [-0.2, 0) is 7.05 Å². The summed E-state index contributed by atoms with van der Waals surface area (Å²) in [7, 11) is 1.86. The highest BCUT2D eigenvalue weighted by atomic mass is 16.2. The number of nitrogens with one attached hydrogen (secondary N) is 1. The molecule has 0 aliphatic rings. The molecule has 3 N–H and O–H groups in total. The summed E-state index contributed by atoms with van der Waals surface area (Å²) in [5.74, 6) is 0.134. The molecule has 0 aliphatic heterocycles. The summed E-state index contributed by atoms with van der Waals surface area (Å²) in [4.78, 5) is 37.6. The Labute approximate surface area is 241 Å². The fourth-order valence-corrected chi connectivity index (χ4v) is 5.18. The van der Waals surface area contributed by atoms with Crippen molar-refractivity contribution in [3.63, 3.8) is 0 Å². The van der Waals surface area contributed by atoms with Gasteiger partial charge in [-0.05, 0) is 44.0 Å². The number of aromatic nitrogens is 7. The van der Waals surface area contributed by atoms with Gasteiger partial charge >= 0.3 is 0 Å². The third-order valence-electron chi connectivity index (χ3n) is 7.55. The molecule has 212 valence electrons. The molecule has 1 amide bonds. The van der Waals surface area contributed by atoms with Gasteiger partial charge in [-0.15, -0.1) is 5.10 Å². The van der Waals surface area contributed by atoms with Gasteiger partial charge in [-0.3, -0.25) is 18.8 Å². The number of carbonyl (C=O) groups is 1. The Morgan fingerprint density at radius 1 is 0.976 bits per heavy atom. The second-order valence-corrected chi connectivity index (χ2v) is 10.6. The molecule has 0 spiro atoms. The molecule has 4 heterocycles. The summed E-state index contributed by atoms with van der Waals surface area (Å²) in [6.07, 6.45) is 3.50. The standard InChI is InChI=1S/C31H31N9O2/c1-17(2)23-14-15-39-29(35-23)26(27(32)37-39)30(41)34-18(3)28-36-24-13-9-12-21(22-16-33-38(5)19(22)4)25(24)31(42)40(28)20-10-7-6-8-11-20/h6-18H,1-5H3,(H2,32,37)(H,34,41)/t18-/m1/s1. The third-order valence-corrected chi connectivity index (χ3v) is 7.55. The van der Waals surface area contributed by atoms with Crippen LogP contribution in [0, 0.1) is 6.92 Å². The lowest BCUT2D eigenvalue weighted by Gasteiger charge is -2.20. The van der Waals surface area contributed by atoms with Crippen molar-refractivity contribution in [2.75, 3.05) is 5.73 Å². The van der Waals surface area contributed by atoms with E-state index in [1.807, 2.05) is 76.3 Å². The first-order valence-electron chi connectivity index (χ1n) is 13.7.